The minimum Gasteiger partial charge on any atom is -0.404 e. The van der Waals surface area contributed by atoms with Crippen molar-refractivity contribution in [1.82, 2.24) is 10.2 Å². The Labute approximate surface area is 170 Å². The summed E-state index contributed by atoms with van der Waals surface area (Å²) in [5.74, 6) is -0.0549. The van der Waals surface area contributed by atoms with Crippen molar-refractivity contribution in [2.75, 3.05) is 19.6 Å². The van der Waals surface area contributed by atoms with Crippen LogP contribution in [0.1, 0.15) is 70.9 Å². The molecule has 5 nitrogen and oxygen atoms in total. The topological polar surface area (TPSA) is 82.2 Å². The first kappa shape index (κ1) is 23.9. The molecule has 0 aliphatic rings. The van der Waals surface area contributed by atoms with Gasteiger partial charge in [-0.05, 0) is 44.2 Å². The maximum Gasteiger partial charge on any atom is 0.231 e. The highest BCUT2D eigenvalue weighted by molar-refractivity contribution is 6.08. The van der Waals surface area contributed by atoms with Gasteiger partial charge in [-0.1, -0.05) is 45.0 Å². The van der Waals surface area contributed by atoms with Gasteiger partial charge in [-0.15, -0.1) is 0 Å². The van der Waals surface area contributed by atoms with Gasteiger partial charge in [0.2, 0.25) is 5.91 Å². The minimum absolute atomic E-state index is 0.0194. The fourth-order valence-electron chi connectivity index (χ4n) is 3.08. The predicted molar refractivity (Wildman–Crippen MR) is 120 cm³/mol. The largest absolute Gasteiger partial charge is 0.404 e. The van der Waals surface area contributed by atoms with Crippen molar-refractivity contribution < 1.29 is 4.79 Å². The fourth-order valence-corrected chi connectivity index (χ4v) is 3.08. The van der Waals surface area contributed by atoms with Gasteiger partial charge in [0.05, 0.1) is 5.92 Å². The van der Waals surface area contributed by atoms with E-state index < -0.39 is 0 Å². The number of hydrogen-bond acceptors (Lipinski definition) is 4. The first-order valence-corrected chi connectivity index (χ1v) is 10.4. The molecule has 1 rings (SSSR count). The summed E-state index contributed by atoms with van der Waals surface area (Å²) in [6.45, 7) is 12.9. The van der Waals surface area contributed by atoms with E-state index in [-0.39, 0.29) is 17.4 Å². The van der Waals surface area contributed by atoms with E-state index in [0.717, 1.165) is 43.5 Å². The molecule has 1 amide bonds. The quantitative estimate of drug-likeness (QED) is 0.472. The molecule has 4 N–H and O–H groups in total. The van der Waals surface area contributed by atoms with E-state index in [1.54, 1.807) is 0 Å². The molecule has 0 saturated carbocycles. The Morgan fingerprint density at radius 3 is 2.18 bits per heavy atom. The maximum atomic E-state index is 13.4. The number of amides is 1. The van der Waals surface area contributed by atoms with Crippen molar-refractivity contribution in [2.45, 2.75) is 65.3 Å². The van der Waals surface area contributed by atoms with Crippen LogP contribution in [-0.4, -0.2) is 42.2 Å². The average Bonchev–Trinajstić information content (AvgIpc) is 2.69. The number of hydrogen-bond donors (Lipinski definition) is 3. The lowest BCUT2D eigenvalue weighted by molar-refractivity contribution is -0.132. The molecule has 156 valence electrons. The van der Waals surface area contributed by atoms with Crippen LogP contribution in [0, 0.1) is 5.41 Å². The second kappa shape index (κ2) is 11.6. The third-order valence-electron chi connectivity index (χ3n) is 5.25. The van der Waals surface area contributed by atoms with Crippen LogP contribution in [0.2, 0.25) is 0 Å². The summed E-state index contributed by atoms with van der Waals surface area (Å²) in [5.41, 5.74) is 8.12. The number of rotatable bonds is 12. The van der Waals surface area contributed by atoms with E-state index in [1.807, 2.05) is 29.2 Å². The molecular weight excluding hydrogens is 348 g/mol. The normalized spacial score (nSPS) is 13.2. The van der Waals surface area contributed by atoms with Crippen LogP contribution in [0.25, 0.3) is 5.57 Å². The van der Waals surface area contributed by atoms with Crippen molar-refractivity contribution in [2.24, 2.45) is 5.73 Å². The van der Waals surface area contributed by atoms with Gasteiger partial charge < -0.3 is 21.4 Å². The molecule has 0 unspecified atom stereocenters. The van der Waals surface area contributed by atoms with Gasteiger partial charge in [0.15, 0.2) is 0 Å². The fraction of sp³-hybridized carbons (Fsp3) is 0.565. The molecule has 28 heavy (non-hydrogen) atoms. The third-order valence-corrected chi connectivity index (χ3v) is 5.25. The van der Waals surface area contributed by atoms with Crippen LogP contribution >= 0.6 is 0 Å². The molecule has 0 bridgehead atoms. The summed E-state index contributed by atoms with van der Waals surface area (Å²) in [6, 6.07) is 7.85. The zero-order chi connectivity index (χ0) is 21.2. The molecule has 5 heteroatoms. The zero-order valence-electron chi connectivity index (χ0n) is 18.2. The summed E-state index contributed by atoms with van der Waals surface area (Å²) in [7, 11) is 0. The van der Waals surface area contributed by atoms with Crippen molar-refractivity contribution in [3.05, 3.63) is 41.6 Å². The molecule has 0 aliphatic heterocycles. The Morgan fingerprint density at radius 1 is 1.18 bits per heavy atom. The van der Waals surface area contributed by atoms with Crippen LogP contribution in [0.5, 0.6) is 0 Å². The van der Waals surface area contributed by atoms with Crippen LogP contribution in [0.15, 0.2) is 30.5 Å². The van der Waals surface area contributed by atoms with Crippen LogP contribution in [0.4, 0.5) is 0 Å². The highest BCUT2D eigenvalue weighted by Crippen LogP contribution is 2.23. The lowest BCUT2D eigenvalue weighted by Crippen LogP contribution is -2.45. The van der Waals surface area contributed by atoms with E-state index in [1.165, 1.54) is 12.4 Å². The number of nitrogens with one attached hydrogen (secondary N) is 2. The summed E-state index contributed by atoms with van der Waals surface area (Å²) in [6.07, 6.45) is 5.57. The summed E-state index contributed by atoms with van der Waals surface area (Å²) < 4.78 is 0. The van der Waals surface area contributed by atoms with Crippen LogP contribution < -0.4 is 11.1 Å². The minimum atomic E-state index is -0.233. The monoisotopic (exact) mass is 386 g/mol. The Hall–Kier alpha value is -2.14. The van der Waals surface area contributed by atoms with Crippen molar-refractivity contribution in [3.8, 4) is 0 Å². The SMILES string of the molecule is CCCN(CCC)C(=O)[C@H](CNC(C)(C)CC)c1ccc(/C(C=N)=C/N)cc1. The molecule has 1 aromatic rings. The predicted octanol–water partition coefficient (Wildman–Crippen LogP) is 4.15. The number of carbonyl (C=O) groups excluding carboxylic acids is 1. The van der Waals surface area contributed by atoms with Crippen molar-refractivity contribution >= 4 is 17.7 Å². The molecule has 0 saturated heterocycles. The molecule has 0 aliphatic carbocycles. The Balaban J connectivity index is 3.18. The Morgan fingerprint density at radius 2 is 1.75 bits per heavy atom. The summed E-state index contributed by atoms with van der Waals surface area (Å²) in [5, 5.41) is 11.0. The van der Waals surface area contributed by atoms with Gasteiger partial charge in [0, 0.05) is 43.2 Å². The van der Waals surface area contributed by atoms with E-state index in [9.17, 15) is 4.79 Å². The van der Waals surface area contributed by atoms with E-state index >= 15 is 0 Å². The molecule has 0 fully saturated rings. The Kier molecular flexibility index (Phi) is 9.94. The molecule has 0 heterocycles. The molecule has 0 aromatic heterocycles. The smallest absolute Gasteiger partial charge is 0.231 e. The maximum absolute atomic E-state index is 13.4. The first-order valence-electron chi connectivity index (χ1n) is 10.4. The first-order chi connectivity index (χ1) is 13.3. The molecule has 0 spiro atoms. The number of allylic oxidation sites excluding steroid dienone is 1. The molecule has 0 radical (unpaired) electrons. The van der Waals surface area contributed by atoms with Gasteiger partial charge in [-0.3, -0.25) is 4.79 Å². The number of benzene rings is 1. The second-order valence-corrected chi connectivity index (χ2v) is 7.88. The summed E-state index contributed by atoms with van der Waals surface area (Å²) in [4.78, 5) is 15.4. The van der Waals surface area contributed by atoms with Gasteiger partial charge in [-0.2, -0.15) is 0 Å². The molecular formula is C23H38N4O. The van der Waals surface area contributed by atoms with Crippen molar-refractivity contribution in [1.29, 1.82) is 5.41 Å². The van der Waals surface area contributed by atoms with E-state index in [0.29, 0.717) is 12.1 Å². The molecule has 1 aromatic carbocycles. The average molecular weight is 387 g/mol. The summed E-state index contributed by atoms with van der Waals surface area (Å²) >= 11 is 0. The Bertz CT molecular complexity index is 643. The molecule has 1 atom stereocenters. The van der Waals surface area contributed by atoms with Gasteiger partial charge in [0.1, 0.15) is 0 Å². The number of carbonyl (C=O) groups is 1. The highest BCUT2D eigenvalue weighted by Gasteiger charge is 2.27. The highest BCUT2D eigenvalue weighted by atomic mass is 16.2. The van der Waals surface area contributed by atoms with E-state index in [4.69, 9.17) is 11.1 Å². The standard InChI is InChI=1S/C23H38N4O/c1-6-13-27(14-7-2)22(28)21(17-26-23(4,5)8-3)19-11-9-18(10-12-19)20(15-24)16-25/h9-12,15-16,21,24,26H,6-8,13-14,17,25H2,1-5H3/b20-16+,24-15?/t21-/m1/s1. The third kappa shape index (κ3) is 6.79. The van der Waals surface area contributed by atoms with Crippen LogP contribution in [0.3, 0.4) is 0 Å². The van der Waals surface area contributed by atoms with Crippen LogP contribution in [-0.2, 0) is 4.79 Å². The lowest BCUT2D eigenvalue weighted by Gasteiger charge is -2.31. The number of nitrogens with two attached hydrogens (primary N) is 1. The second-order valence-electron chi connectivity index (χ2n) is 7.88. The van der Waals surface area contributed by atoms with E-state index in [2.05, 4.69) is 39.9 Å². The zero-order valence-corrected chi connectivity index (χ0v) is 18.2. The van der Waals surface area contributed by atoms with Crippen molar-refractivity contribution in [3.63, 3.8) is 0 Å². The van der Waals surface area contributed by atoms with Gasteiger partial charge in [-0.25, -0.2) is 0 Å². The lowest BCUT2D eigenvalue weighted by atomic mass is 9.93. The van der Waals surface area contributed by atoms with Gasteiger partial charge >= 0.3 is 0 Å². The van der Waals surface area contributed by atoms with Gasteiger partial charge in [0.25, 0.3) is 0 Å². The number of nitrogens with zero attached hydrogens (tertiary/aromatic N) is 1.